The van der Waals surface area contributed by atoms with E-state index < -0.39 is 6.04 Å². The maximum atomic E-state index is 14.1. The van der Waals surface area contributed by atoms with Crippen molar-refractivity contribution in [1.29, 1.82) is 0 Å². The minimum atomic E-state index is -0.995. The molecule has 1 aliphatic carbocycles. The van der Waals surface area contributed by atoms with Gasteiger partial charge in [-0.15, -0.1) is 0 Å². The molecule has 0 spiro atoms. The molecule has 0 aliphatic heterocycles. The Labute approximate surface area is 252 Å². The number of hydrogen-bond acceptors (Lipinski definition) is 7. The lowest BCUT2D eigenvalue weighted by Crippen LogP contribution is -2.47. The van der Waals surface area contributed by atoms with Gasteiger partial charge in [-0.1, -0.05) is 37.5 Å². The molecule has 3 aromatic rings. The van der Waals surface area contributed by atoms with Crippen molar-refractivity contribution in [3.8, 4) is 17.2 Å². The number of hydrogen-bond donors (Lipinski definition) is 2. The third kappa shape index (κ3) is 8.47. The van der Waals surface area contributed by atoms with Crippen LogP contribution in [-0.4, -0.2) is 50.1 Å². The average Bonchev–Trinajstić information content (AvgIpc) is 3.04. The molecule has 3 amide bonds. The Bertz CT molecular complexity index is 1360. The molecule has 228 valence electrons. The van der Waals surface area contributed by atoms with Gasteiger partial charge in [0.05, 0.1) is 27.0 Å². The Morgan fingerprint density at radius 3 is 2.26 bits per heavy atom. The highest BCUT2D eigenvalue weighted by Crippen LogP contribution is 2.38. The van der Waals surface area contributed by atoms with E-state index in [2.05, 4.69) is 15.6 Å². The minimum absolute atomic E-state index is 0.0220. The molecule has 0 saturated heterocycles. The normalized spacial score (nSPS) is 13.8. The van der Waals surface area contributed by atoms with Gasteiger partial charge in [0.15, 0.2) is 0 Å². The van der Waals surface area contributed by atoms with Crippen LogP contribution in [0.2, 0.25) is 0 Å². The van der Waals surface area contributed by atoms with E-state index in [1.165, 1.54) is 12.0 Å². The van der Waals surface area contributed by atoms with E-state index in [1.807, 2.05) is 0 Å². The van der Waals surface area contributed by atoms with Crippen molar-refractivity contribution in [1.82, 2.24) is 10.3 Å². The first-order valence-corrected chi connectivity index (χ1v) is 14.6. The number of carbonyl (C=O) groups excluding carboxylic acids is 3. The van der Waals surface area contributed by atoms with E-state index >= 15 is 0 Å². The first-order chi connectivity index (χ1) is 20.9. The largest absolute Gasteiger partial charge is 0.497 e. The van der Waals surface area contributed by atoms with E-state index in [1.54, 1.807) is 81.1 Å². The van der Waals surface area contributed by atoms with E-state index in [9.17, 15) is 14.4 Å². The summed E-state index contributed by atoms with van der Waals surface area (Å²) in [4.78, 5) is 46.4. The zero-order chi connectivity index (χ0) is 30.6. The number of ether oxygens (including phenoxy) is 3. The summed E-state index contributed by atoms with van der Waals surface area (Å²) < 4.78 is 16.4. The van der Waals surface area contributed by atoms with Crippen molar-refractivity contribution < 1.29 is 28.6 Å². The lowest BCUT2D eigenvalue weighted by molar-refractivity contribution is -0.127. The third-order valence-electron chi connectivity index (χ3n) is 7.53. The zero-order valence-corrected chi connectivity index (χ0v) is 25.0. The number of methoxy groups -OCH3 is 3. The predicted molar refractivity (Wildman–Crippen MR) is 165 cm³/mol. The maximum Gasteiger partial charge on any atom is 0.248 e. The molecule has 2 aromatic carbocycles. The summed E-state index contributed by atoms with van der Waals surface area (Å²) in [5, 5.41) is 5.96. The molecule has 1 atom stereocenters. The topological polar surface area (TPSA) is 119 Å². The number of carbonyl (C=O) groups is 3. The Balaban J connectivity index is 1.66. The number of amides is 3. The first-order valence-electron chi connectivity index (χ1n) is 14.6. The monoisotopic (exact) mass is 588 g/mol. The van der Waals surface area contributed by atoms with Crippen molar-refractivity contribution in [3.63, 3.8) is 0 Å². The predicted octanol–water partition coefficient (Wildman–Crippen LogP) is 5.44. The summed E-state index contributed by atoms with van der Waals surface area (Å²) in [6.45, 7) is 0. The molecule has 43 heavy (non-hydrogen) atoms. The molecular formula is C33H40N4O6. The third-order valence-corrected chi connectivity index (χ3v) is 7.53. The molecule has 4 rings (SSSR count). The molecule has 0 radical (unpaired) electrons. The Hall–Kier alpha value is -4.60. The van der Waals surface area contributed by atoms with Crippen LogP contribution in [0.15, 0.2) is 66.9 Å². The first kappa shape index (κ1) is 31.3. The molecule has 1 unspecified atom stereocenters. The van der Waals surface area contributed by atoms with Gasteiger partial charge >= 0.3 is 0 Å². The molecule has 2 N–H and O–H groups in total. The van der Waals surface area contributed by atoms with Crippen LogP contribution >= 0.6 is 0 Å². The van der Waals surface area contributed by atoms with Crippen LogP contribution in [0.4, 0.5) is 11.5 Å². The fraction of sp³-hybridized carbons (Fsp3) is 0.394. The van der Waals surface area contributed by atoms with Crippen molar-refractivity contribution >= 4 is 29.2 Å². The highest BCUT2D eigenvalue weighted by atomic mass is 16.5. The van der Waals surface area contributed by atoms with Crippen molar-refractivity contribution in [2.24, 2.45) is 0 Å². The van der Waals surface area contributed by atoms with Crippen LogP contribution < -0.4 is 29.7 Å². The van der Waals surface area contributed by atoms with Gasteiger partial charge in [-0.25, -0.2) is 4.98 Å². The summed E-state index contributed by atoms with van der Waals surface area (Å²) in [5.41, 5.74) is 1.04. The summed E-state index contributed by atoms with van der Waals surface area (Å²) in [6, 6.07) is 16.5. The number of nitrogens with zero attached hydrogens (tertiary/aromatic N) is 2. The van der Waals surface area contributed by atoms with Gasteiger partial charge in [0.25, 0.3) is 0 Å². The van der Waals surface area contributed by atoms with Crippen LogP contribution in [-0.2, 0) is 14.4 Å². The van der Waals surface area contributed by atoms with Gasteiger partial charge in [0.1, 0.15) is 29.1 Å². The van der Waals surface area contributed by atoms with Gasteiger partial charge in [-0.3, -0.25) is 19.3 Å². The van der Waals surface area contributed by atoms with Gasteiger partial charge in [0.2, 0.25) is 17.7 Å². The van der Waals surface area contributed by atoms with Crippen molar-refractivity contribution in [2.45, 2.75) is 63.5 Å². The highest BCUT2D eigenvalue weighted by Gasteiger charge is 2.35. The van der Waals surface area contributed by atoms with Crippen LogP contribution in [0.25, 0.3) is 0 Å². The molecule has 10 nitrogen and oxygen atoms in total. The molecule has 10 heteroatoms. The van der Waals surface area contributed by atoms with Gasteiger partial charge in [0, 0.05) is 31.1 Å². The van der Waals surface area contributed by atoms with E-state index in [-0.39, 0.29) is 43.0 Å². The Morgan fingerprint density at radius 2 is 1.60 bits per heavy atom. The van der Waals surface area contributed by atoms with Gasteiger partial charge < -0.3 is 24.8 Å². The molecule has 1 aromatic heterocycles. The minimum Gasteiger partial charge on any atom is -0.497 e. The molecule has 1 heterocycles. The van der Waals surface area contributed by atoms with Crippen molar-refractivity contribution in [2.75, 3.05) is 31.5 Å². The number of aromatic nitrogens is 1. The summed E-state index contributed by atoms with van der Waals surface area (Å²) >= 11 is 0. The van der Waals surface area contributed by atoms with E-state index in [4.69, 9.17) is 14.2 Å². The SMILES string of the molecule is COc1ccc(C(C(=O)NC2CCCCC2)N(C(=O)CCCC(=O)Nc2ccccn2)c2ccc(OC)cc2OC)cc1. The van der Waals surface area contributed by atoms with Gasteiger partial charge in [-0.2, -0.15) is 0 Å². The van der Waals surface area contributed by atoms with Crippen LogP contribution in [0.1, 0.15) is 63.0 Å². The van der Waals surface area contributed by atoms with Crippen molar-refractivity contribution in [3.05, 3.63) is 72.4 Å². The number of benzene rings is 2. The second-order valence-corrected chi connectivity index (χ2v) is 10.4. The van der Waals surface area contributed by atoms with E-state index in [0.29, 0.717) is 34.3 Å². The zero-order valence-electron chi connectivity index (χ0n) is 25.0. The molecule has 1 saturated carbocycles. The molecular weight excluding hydrogens is 548 g/mol. The van der Waals surface area contributed by atoms with Crippen LogP contribution in [0.5, 0.6) is 17.2 Å². The number of anilines is 2. The molecule has 1 aliphatic rings. The maximum absolute atomic E-state index is 14.1. The highest BCUT2D eigenvalue weighted by molar-refractivity contribution is 6.02. The smallest absolute Gasteiger partial charge is 0.248 e. The Kier molecular flexibility index (Phi) is 11.4. The van der Waals surface area contributed by atoms with E-state index in [0.717, 1.165) is 32.1 Å². The van der Waals surface area contributed by atoms with Crippen LogP contribution in [0, 0.1) is 0 Å². The fourth-order valence-electron chi connectivity index (χ4n) is 5.29. The number of rotatable bonds is 13. The summed E-state index contributed by atoms with van der Waals surface area (Å²) in [6.07, 6.45) is 7.03. The Morgan fingerprint density at radius 1 is 0.884 bits per heavy atom. The second-order valence-electron chi connectivity index (χ2n) is 10.4. The summed E-state index contributed by atoms with van der Waals surface area (Å²) in [5.74, 6) is 1.15. The standard InChI is InChI=1S/C33H40N4O6/c1-41-25-17-15-23(16-18-25)32(33(40)35-24-10-5-4-6-11-24)37(27-20-19-26(42-2)22-28(27)43-3)31(39)14-9-13-30(38)36-29-12-7-8-21-34-29/h7-8,12,15-22,24,32H,4-6,9-11,13-14H2,1-3H3,(H,35,40)(H,34,36,38). The lowest BCUT2D eigenvalue weighted by Gasteiger charge is -2.34. The quantitative estimate of drug-likeness (QED) is 0.273. The fourth-order valence-corrected chi connectivity index (χ4v) is 5.29. The molecule has 1 fully saturated rings. The van der Waals surface area contributed by atoms with Gasteiger partial charge in [-0.05, 0) is 61.2 Å². The number of nitrogens with one attached hydrogen (secondary N) is 2. The average molecular weight is 589 g/mol. The van der Waals surface area contributed by atoms with Crippen LogP contribution in [0.3, 0.4) is 0 Å². The summed E-state index contributed by atoms with van der Waals surface area (Å²) in [7, 11) is 4.63. The second kappa shape index (κ2) is 15.6. The number of pyridine rings is 1. The lowest BCUT2D eigenvalue weighted by atomic mass is 9.94. The molecule has 0 bridgehead atoms.